The molecule has 0 heterocycles. The Morgan fingerprint density at radius 1 is 1.07 bits per heavy atom. The van der Waals surface area contributed by atoms with Crippen LogP contribution in [0.15, 0.2) is 0 Å². The molecule has 0 saturated heterocycles. The predicted molar refractivity (Wildman–Crippen MR) is 58.6 cm³/mol. The summed E-state index contributed by atoms with van der Waals surface area (Å²) in [5.41, 5.74) is 0. The van der Waals surface area contributed by atoms with Gasteiger partial charge < -0.3 is 5.11 Å². The third-order valence-corrected chi connectivity index (χ3v) is 4.95. The van der Waals surface area contributed by atoms with Crippen LogP contribution >= 0.6 is 0 Å². The summed E-state index contributed by atoms with van der Waals surface area (Å²) in [5.74, 6) is 0. The van der Waals surface area contributed by atoms with E-state index in [-0.39, 0.29) is 12.1 Å². The lowest BCUT2D eigenvalue weighted by molar-refractivity contribution is 0.103. The average molecular weight is 236 g/mol. The average Bonchev–Trinajstić information content (AvgIpc) is 2.17. The van der Waals surface area contributed by atoms with Crippen LogP contribution < -0.4 is 0 Å². The van der Waals surface area contributed by atoms with E-state index in [1.807, 2.05) is 0 Å². The Bertz CT molecular complexity index is 294. The van der Waals surface area contributed by atoms with E-state index >= 15 is 0 Å². The summed E-state index contributed by atoms with van der Waals surface area (Å²) in [6.07, 6.45) is 2.61. The molecule has 0 amide bonds. The third-order valence-electron chi connectivity index (χ3n) is 3.01. The van der Waals surface area contributed by atoms with Crippen LogP contribution in [-0.4, -0.2) is 55.4 Å². The Kier molecular flexibility index (Phi) is 4.11. The van der Waals surface area contributed by atoms with Gasteiger partial charge in [0.2, 0.25) is 0 Å². The zero-order valence-electron chi connectivity index (χ0n) is 9.55. The molecular formula is C9H20N2O3S. The fourth-order valence-corrected chi connectivity index (χ4v) is 2.97. The first kappa shape index (κ1) is 12.9. The molecule has 0 unspecified atom stereocenters. The van der Waals surface area contributed by atoms with E-state index in [0.717, 1.165) is 12.8 Å². The van der Waals surface area contributed by atoms with Crippen molar-refractivity contribution in [1.82, 2.24) is 8.61 Å². The molecule has 15 heavy (non-hydrogen) atoms. The van der Waals surface area contributed by atoms with Crippen LogP contribution in [0.25, 0.3) is 0 Å². The van der Waals surface area contributed by atoms with Crippen molar-refractivity contribution in [1.29, 1.82) is 0 Å². The molecule has 1 saturated carbocycles. The van der Waals surface area contributed by atoms with Gasteiger partial charge in [-0.25, -0.2) is 0 Å². The van der Waals surface area contributed by atoms with Crippen LogP contribution in [0.3, 0.4) is 0 Å². The lowest BCUT2D eigenvalue weighted by Crippen LogP contribution is -2.45. The van der Waals surface area contributed by atoms with E-state index in [9.17, 15) is 13.5 Å². The molecule has 6 heteroatoms. The van der Waals surface area contributed by atoms with Gasteiger partial charge in [-0.2, -0.15) is 17.0 Å². The van der Waals surface area contributed by atoms with E-state index < -0.39 is 10.2 Å². The standard InChI is InChI=1S/C9H20N2O3S/c1-10(2)15(13,14)11(3)8-4-6-9(12)7-5-8/h8-9,12H,4-7H2,1-3H3. The molecule has 0 spiro atoms. The maximum Gasteiger partial charge on any atom is 0.281 e. The minimum atomic E-state index is -3.31. The minimum absolute atomic E-state index is 0.0285. The normalized spacial score (nSPS) is 28.7. The van der Waals surface area contributed by atoms with Crippen molar-refractivity contribution in [3.05, 3.63) is 0 Å². The van der Waals surface area contributed by atoms with E-state index in [4.69, 9.17) is 0 Å². The number of hydrogen-bond acceptors (Lipinski definition) is 3. The van der Waals surface area contributed by atoms with Crippen molar-refractivity contribution in [2.75, 3.05) is 21.1 Å². The van der Waals surface area contributed by atoms with Crippen LogP contribution in [-0.2, 0) is 10.2 Å². The molecule has 0 aliphatic heterocycles. The van der Waals surface area contributed by atoms with E-state index in [1.54, 1.807) is 7.05 Å². The number of rotatable bonds is 3. The Hall–Kier alpha value is -0.170. The molecule has 1 N–H and O–H groups in total. The van der Waals surface area contributed by atoms with Gasteiger partial charge in [-0.3, -0.25) is 0 Å². The predicted octanol–water partition coefficient (Wildman–Crippen LogP) is 0.0281. The SMILES string of the molecule is CN(C)S(=O)(=O)N(C)C1CCC(O)CC1. The van der Waals surface area contributed by atoms with Gasteiger partial charge in [-0.15, -0.1) is 0 Å². The molecule has 0 aromatic heterocycles. The van der Waals surface area contributed by atoms with Crippen LogP contribution in [0, 0.1) is 0 Å². The molecule has 0 aromatic rings. The number of nitrogens with zero attached hydrogens (tertiary/aromatic N) is 2. The van der Waals surface area contributed by atoms with E-state index in [2.05, 4.69) is 0 Å². The van der Waals surface area contributed by atoms with Gasteiger partial charge in [0.1, 0.15) is 0 Å². The lowest BCUT2D eigenvalue weighted by atomic mass is 9.93. The first-order valence-electron chi connectivity index (χ1n) is 5.19. The summed E-state index contributed by atoms with van der Waals surface area (Å²) < 4.78 is 26.2. The van der Waals surface area contributed by atoms with Crippen molar-refractivity contribution in [3.63, 3.8) is 0 Å². The fraction of sp³-hybridized carbons (Fsp3) is 1.00. The molecule has 5 nitrogen and oxygen atoms in total. The van der Waals surface area contributed by atoms with Gasteiger partial charge in [-0.1, -0.05) is 0 Å². The monoisotopic (exact) mass is 236 g/mol. The molecule has 90 valence electrons. The van der Waals surface area contributed by atoms with Crippen molar-refractivity contribution < 1.29 is 13.5 Å². The molecule has 1 rings (SSSR count). The van der Waals surface area contributed by atoms with Crippen molar-refractivity contribution in [2.24, 2.45) is 0 Å². The summed E-state index contributed by atoms with van der Waals surface area (Å²) in [5, 5.41) is 9.34. The topological polar surface area (TPSA) is 60.9 Å². The maximum absolute atomic E-state index is 11.8. The molecule has 0 radical (unpaired) electrons. The second kappa shape index (κ2) is 4.78. The fourth-order valence-electron chi connectivity index (χ4n) is 1.87. The minimum Gasteiger partial charge on any atom is -0.393 e. The summed E-state index contributed by atoms with van der Waals surface area (Å²) in [7, 11) is 1.36. The largest absolute Gasteiger partial charge is 0.393 e. The highest BCUT2D eigenvalue weighted by Gasteiger charge is 2.30. The van der Waals surface area contributed by atoms with Gasteiger partial charge >= 0.3 is 0 Å². The van der Waals surface area contributed by atoms with Gasteiger partial charge in [0, 0.05) is 27.2 Å². The lowest BCUT2D eigenvalue weighted by Gasteiger charge is -2.33. The summed E-state index contributed by atoms with van der Waals surface area (Å²) in [6.45, 7) is 0. The molecule has 1 aliphatic rings. The quantitative estimate of drug-likeness (QED) is 0.752. The maximum atomic E-state index is 11.8. The number of aliphatic hydroxyl groups is 1. The molecule has 1 fully saturated rings. The second-order valence-corrected chi connectivity index (χ2v) is 6.47. The zero-order valence-corrected chi connectivity index (χ0v) is 10.4. The van der Waals surface area contributed by atoms with E-state index in [0.29, 0.717) is 12.8 Å². The third kappa shape index (κ3) is 2.90. The number of aliphatic hydroxyl groups excluding tert-OH is 1. The highest BCUT2D eigenvalue weighted by Crippen LogP contribution is 2.24. The summed E-state index contributed by atoms with van der Waals surface area (Å²) >= 11 is 0. The molecule has 0 atom stereocenters. The zero-order chi connectivity index (χ0) is 11.6. The van der Waals surface area contributed by atoms with Gasteiger partial charge in [0.05, 0.1) is 6.10 Å². The van der Waals surface area contributed by atoms with Gasteiger partial charge in [0.25, 0.3) is 10.2 Å². The molecule has 1 aliphatic carbocycles. The smallest absolute Gasteiger partial charge is 0.281 e. The Labute approximate surface area is 91.9 Å². The molecule has 0 aromatic carbocycles. The van der Waals surface area contributed by atoms with Crippen molar-refractivity contribution in [3.8, 4) is 0 Å². The van der Waals surface area contributed by atoms with Crippen LogP contribution in [0.4, 0.5) is 0 Å². The first-order valence-corrected chi connectivity index (χ1v) is 6.59. The van der Waals surface area contributed by atoms with Crippen LogP contribution in [0.2, 0.25) is 0 Å². The first-order chi connectivity index (χ1) is 6.85. The molecule has 0 bridgehead atoms. The number of hydrogen-bond donors (Lipinski definition) is 1. The highest BCUT2D eigenvalue weighted by atomic mass is 32.2. The van der Waals surface area contributed by atoms with Crippen molar-refractivity contribution in [2.45, 2.75) is 37.8 Å². The van der Waals surface area contributed by atoms with Crippen molar-refractivity contribution >= 4 is 10.2 Å². The van der Waals surface area contributed by atoms with E-state index in [1.165, 1.54) is 22.7 Å². The highest BCUT2D eigenvalue weighted by molar-refractivity contribution is 7.86. The van der Waals surface area contributed by atoms with Gasteiger partial charge in [0.15, 0.2) is 0 Å². The Balaban J connectivity index is 2.65. The van der Waals surface area contributed by atoms with Gasteiger partial charge in [-0.05, 0) is 25.7 Å². The Morgan fingerprint density at radius 2 is 1.53 bits per heavy atom. The summed E-state index contributed by atoms with van der Waals surface area (Å²) in [6, 6.07) is 0.0285. The van der Waals surface area contributed by atoms with Crippen LogP contribution in [0.1, 0.15) is 25.7 Å². The van der Waals surface area contributed by atoms with Crippen LogP contribution in [0.5, 0.6) is 0 Å². The molecular weight excluding hydrogens is 216 g/mol. The Morgan fingerprint density at radius 3 is 1.93 bits per heavy atom. The summed E-state index contributed by atoms with van der Waals surface area (Å²) in [4.78, 5) is 0. The second-order valence-electron chi connectivity index (χ2n) is 4.27.